The molecule has 1 rings (SSSR count). The highest BCUT2D eigenvalue weighted by Crippen LogP contribution is 2.12. The Morgan fingerprint density at radius 2 is 2.25 bits per heavy atom. The zero-order chi connectivity index (χ0) is 8.97. The third-order valence-electron chi connectivity index (χ3n) is 1.39. The normalized spacial score (nSPS) is 9.17. The van der Waals surface area contributed by atoms with Gasteiger partial charge < -0.3 is 9.57 Å². The summed E-state index contributed by atoms with van der Waals surface area (Å²) in [6, 6.07) is 6.43. The molecule has 0 bridgehead atoms. The van der Waals surface area contributed by atoms with Crippen LogP contribution in [0.4, 0.5) is 0 Å². The van der Waals surface area contributed by atoms with Crippen LogP contribution in [0.5, 0.6) is 5.75 Å². The molecule has 0 saturated carbocycles. The standard InChI is InChI=1S/C8H9NO3/c1-11-8(10)6-3-2-4-7(5-6)12-9/h2-5H,9H2,1H3. The number of carbonyl (C=O) groups is 1. The number of rotatable bonds is 2. The molecule has 4 nitrogen and oxygen atoms in total. The molecule has 0 aromatic heterocycles. The van der Waals surface area contributed by atoms with E-state index in [9.17, 15) is 4.79 Å². The third kappa shape index (κ3) is 1.73. The van der Waals surface area contributed by atoms with Crippen LogP contribution in [0.2, 0.25) is 0 Å². The Bertz CT molecular complexity index is 285. The molecule has 0 unspecified atom stereocenters. The topological polar surface area (TPSA) is 61.5 Å². The number of nitrogens with two attached hydrogens (primary N) is 1. The largest absolute Gasteiger partial charge is 0.465 e. The van der Waals surface area contributed by atoms with Crippen molar-refractivity contribution in [1.82, 2.24) is 0 Å². The molecule has 1 aromatic rings. The predicted octanol–water partition coefficient (Wildman–Crippen LogP) is 0.726. The van der Waals surface area contributed by atoms with E-state index in [1.807, 2.05) is 0 Å². The number of methoxy groups -OCH3 is 1. The first kappa shape index (κ1) is 8.55. The lowest BCUT2D eigenvalue weighted by Gasteiger charge is -2.00. The Balaban J connectivity index is 2.93. The van der Waals surface area contributed by atoms with Crippen molar-refractivity contribution >= 4 is 5.97 Å². The molecule has 0 saturated heterocycles. The predicted molar refractivity (Wildman–Crippen MR) is 42.6 cm³/mol. The summed E-state index contributed by atoms with van der Waals surface area (Å²) >= 11 is 0. The SMILES string of the molecule is COC(=O)c1cccc(ON)c1. The molecule has 0 atom stereocenters. The van der Waals surface area contributed by atoms with Gasteiger partial charge in [-0.3, -0.25) is 0 Å². The highest BCUT2D eigenvalue weighted by atomic mass is 16.6. The molecule has 1 aromatic carbocycles. The van der Waals surface area contributed by atoms with Gasteiger partial charge in [-0.1, -0.05) is 6.07 Å². The van der Waals surface area contributed by atoms with Crippen molar-refractivity contribution in [2.75, 3.05) is 7.11 Å². The number of hydrogen-bond acceptors (Lipinski definition) is 4. The highest BCUT2D eigenvalue weighted by Gasteiger charge is 2.04. The zero-order valence-electron chi connectivity index (χ0n) is 6.61. The lowest BCUT2D eigenvalue weighted by atomic mass is 10.2. The van der Waals surface area contributed by atoms with Crippen LogP contribution in [-0.2, 0) is 4.74 Å². The van der Waals surface area contributed by atoms with Crippen LogP contribution in [0.25, 0.3) is 0 Å². The Morgan fingerprint density at radius 3 is 2.83 bits per heavy atom. The number of carbonyl (C=O) groups excluding carboxylic acids is 1. The van der Waals surface area contributed by atoms with Gasteiger partial charge in [-0.25, -0.2) is 4.79 Å². The first-order chi connectivity index (χ1) is 5.77. The van der Waals surface area contributed by atoms with Crippen molar-refractivity contribution in [3.8, 4) is 5.75 Å². The molecule has 0 aliphatic carbocycles. The second kappa shape index (κ2) is 3.73. The Hall–Kier alpha value is -1.55. The summed E-state index contributed by atoms with van der Waals surface area (Å²) in [5.41, 5.74) is 0.417. The van der Waals surface area contributed by atoms with Gasteiger partial charge in [-0.2, -0.15) is 5.90 Å². The second-order valence-corrected chi connectivity index (χ2v) is 2.14. The monoisotopic (exact) mass is 167 g/mol. The quantitative estimate of drug-likeness (QED) is 0.521. The van der Waals surface area contributed by atoms with E-state index in [1.165, 1.54) is 13.2 Å². The van der Waals surface area contributed by atoms with Crippen molar-refractivity contribution in [3.63, 3.8) is 0 Å². The molecule has 0 aliphatic rings. The van der Waals surface area contributed by atoms with Crippen LogP contribution < -0.4 is 10.7 Å². The smallest absolute Gasteiger partial charge is 0.337 e. The highest BCUT2D eigenvalue weighted by molar-refractivity contribution is 5.89. The van der Waals surface area contributed by atoms with E-state index in [0.29, 0.717) is 11.3 Å². The van der Waals surface area contributed by atoms with Gasteiger partial charge >= 0.3 is 5.97 Å². The van der Waals surface area contributed by atoms with E-state index < -0.39 is 5.97 Å². The molecular weight excluding hydrogens is 158 g/mol. The lowest BCUT2D eigenvalue weighted by Crippen LogP contribution is -2.04. The van der Waals surface area contributed by atoms with Crippen LogP contribution in [0, 0.1) is 0 Å². The maximum Gasteiger partial charge on any atom is 0.337 e. The maximum atomic E-state index is 11.0. The number of benzene rings is 1. The summed E-state index contributed by atoms with van der Waals surface area (Å²) < 4.78 is 4.50. The molecule has 0 aliphatic heterocycles. The van der Waals surface area contributed by atoms with Crippen molar-refractivity contribution in [3.05, 3.63) is 29.8 Å². The van der Waals surface area contributed by atoms with Crippen molar-refractivity contribution < 1.29 is 14.4 Å². The van der Waals surface area contributed by atoms with Gasteiger partial charge in [0.25, 0.3) is 0 Å². The van der Waals surface area contributed by atoms with Gasteiger partial charge in [-0.15, -0.1) is 0 Å². The number of hydrogen-bond donors (Lipinski definition) is 1. The minimum Gasteiger partial charge on any atom is -0.465 e. The van der Waals surface area contributed by atoms with Crippen molar-refractivity contribution in [2.45, 2.75) is 0 Å². The zero-order valence-corrected chi connectivity index (χ0v) is 6.61. The second-order valence-electron chi connectivity index (χ2n) is 2.14. The summed E-state index contributed by atoms with van der Waals surface area (Å²) in [5.74, 6) is 4.93. The Labute approximate surface area is 69.8 Å². The minimum absolute atomic E-state index is 0.408. The molecule has 4 heteroatoms. The van der Waals surface area contributed by atoms with E-state index in [-0.39, 0.29) is 0 Å². The van der Waals surface area contributed by atoms with Crippen LogP contribution in [0.3, 0.4) is 0 Å². The van der Waals surface area contributed by atoms with Crippen LogP contribution in [0.1, 0.15) is 10.4 Å². The van der Waals surface area contributed by atoms with Gasteiger partial charge in [0.2, 0.25) is 0 Å². The van der Waals surface area contributed by atoms with E-state index in [1.54, 1.807) is 18.2 Å². The minimum atomic E-state index is -0.408. The van der Waals surface area contributed by atoms with Gasteiger partial charge in [0.15, 0.2) is 0 Å². The van der Waals surface area contributed by atoms with Crippen LogP contribution in [0.15, 0.2) is 24.3 Å². The number of ether oxygens (including phenoxy) is 1. The number of esters is 1. The average molecular weight is 167 g/mol. The summed E-state index contributed by atoms with van der Waals surface area (Å²) in [6.07, 6.45) is 0. The fraction of sp³-hybridized carbons (Fsp3) is 0.125. The maximum absolute atomic E-state index is 11.0. The van der Waals surface area contributed by atoms with E-state index in [0.717, 1.165) is 0 Å². The molecule has 0 fully saturated rings. The van der Waals surface area contributed by atoms with Gasteiger partial charge in [0.05, 0.1) is 12.7 Å². The fourth-order valence-electron chi connectivity index (χ4n) is 0.814. The summed E-state index contributed by atoms with van der Waals surface area (Å²) in [5, 5.41) is 0. The summed E-state index contributed by atoms with van der Waals surface area (Å²) in [4.78, 5) is 15.4. The average Bonchev–Trinajstić information content (AvgIpc) is 2.17. The molecule has 0 radical (unpaired) electrons. The molecule has 0 spiro atoms. The fourth-order valence-corrected chi connectivity index (χ4v) is 0.814. The van der Waals surface area contributed by atoms with Crippen molar-refractivity contribution in [1.29, 1.82) is 0 Å². The van der Waals surface area contributed by atoms with E-state index >= 15 is 0 Å². The van der Waals surface area contributed by atoms with Gasteiger partial charge in [0.1, 0.15) is 5.75 Å². The van der Waals surface area contributed by atoms with Crippen LogP contribution in [-0.4, -0.2) is 13.1 Å². The molecule has 64 valence electrons. The third-order valence-corrected chi connectivity index (χ3v) is 1.39. The summed E-state index contributed by atoms with van der Waals surface area (Å²) in [6.45, 7) is 0. The molecule has 0 heterocycles. The first-order valence-electron chi connectivity index (χ1n) is 3.33. The Morgan fingerprint density at radius 1 is 1.50 bits per heavy atom. The van der Waals surface area contributed by atoms with Gasteiger partial charge in [0, 0.05) is 0 Å². The Kier molecular flexibility index (Phi) is 2.66. The molecule has 0 amide bonds. The van der Waals surface area contributed by atoms with Gasteiger partial charge in [-0.05, 0) is 18.2 Å². The van der Waals surface area contributed by atoms with E-state index in [2.05, 4.69) is 9.57 Å². The molecule has 2 N–H and O–H groups in total. The van der Waals surface area contributed by atoms with Crippen LogP contribution >= 0.6 is 0 Å². The summed E-state index contributed by atoms with van der Waals surface area (Å²) in [7, 11) is 1.32. The molecular formula is C8H9NO3. The van der Waals surface area contributed by atoms with E-state index in [4.69, 9.17) is 5.90 Å². The van der Waals surface area contributed by atoms with Crippen molar-refractivity contribution in [2.24, 2.45) is 5.90 Å². The lowest BCUT2D eigenvalue weighted by molar-refractivity contribution is 0.0600. The molecule has 12 heavy (non-hydrogen) atoms. The first-order valence-corrected chi connectivity index (χ1v) is 3.33.